The van der Waals surface area contributed by atoms with Gasteiger partial charge in [0, 0.05) is 37.6 Å². The number of nitrogens with one attached hydrogen (secondary N) is 1. The molecule has 1 N–H and O–H groups in total. The maximum atomic E-state index is 12.7. The van der Waals surface area contributed by atoms with Gasteiger partial charge in [-0.25, -0.2) is 9.97 Å². The number of nitrogens with zero attached hydrogens (tertiary/aromatic N) is 3. The van der Waals surface area contributed by atoms with Crippen LogP contribution in [0.3, 0.4) is 0 Å². The van der Waals surface area contributed by atoms with Gasteiger partial charge in [-0.2, -0.15) is 0 Å². The Kier molecular flexibility index (Phi) is 9.65. The fraction of sp³-hybridized carbons (Fsp3) is 0.448. The molecule has 1 spiro atoms. The van der Waals surface area contributed by atoms with Gasteiger partial charge in [-0.05, 0) is 31.0 Å². The van der Waals surface area contributed by atoms with E-state index in [2.05, 4.69) is 15.3 Å². The zero-order valence-electron chi connectivity index (χ0n) is 23.3. The molecule has 0 bridgehead atoms. The number of fused-ring (bicyclic) bond motifs is 1. The third-order valence-electron chi connectivity index (χ3n) is 6.92. The monoisotopic (exact) mass is 570 g/mol. The first-order valence-corrected chi connectivity index (χ1v) is 13.8. The van der Waals surface area contributed by atoms with Crippen LogP contribution in [-0.2, 0) is 14.3 Å². The second kappa shape index (κ2) is 13.1. The Morgan fingerprint density at radius 1 is 1.10 bits per heavy atom. The Balaban J connectivity index is 0.00000181. The van der Waals surface area contributed by atoms with Gasteiger partial charge in [-0.1, -0.05) is 25.4 Å². The second-order valence-corrected chi connectivity index (χ2v) is 10.0. The predicted octanol–water partition coefficient (Wildman–Crippen LogP) is 5.48. The van der Waals surface area contributed by atoms with Crippen molar-refractivity contribution in [3.63, 3.8) is 0 Å². The molecule has 214 valence electrons. The first kappa shape index (κ1) is 29.4. The third kappa shape index (κ3) is 6.74. The lowest BCUT2D eigenvalue weighted by atomic mass is 9.77. The molecule has 2 aliphatic rings. The fourth-order valence-electron chi connectivity index (χ4n) is 4.67. The van der Waals surface area contributed by atoms with Gasteiger partial charge in [-0.15, -0.1) is 0 Å². The van der Waals surface area contributed by atoms with Crippen LogP contribution in [0.2, 0.25) is 5.02 Å². The van der Waals surface area contributed by atoms with Crippen molar-refractivity contribution in [3.8, 4) is 23.1 Å². The van der Waals surface area contributed by atoms with Crippen LogP contribution in [0.4, 0.5) is 5.69 Å². The molecule has 2 fully saturated rings. The van der Waals surface area contributed by atoms with Gasteiger partial charge in [-0.3, -0.25) is 9.59 Å². The van der Waals surface area contributed by atoms with Gasteiger partial charge >= 0.3 is 0 Å². The summed E-state index contributed by atoms with van der Waals surface area (Å²) >= 11 is 6.27. The number of carbonyl (C=O) groups is 2. The van der Waals surface area contributed by atoms with Crippen LogP contribution in [-0.4, -0.2) is 66.7 Å². The lowest BCUT2D eigenvalue weighted by molar-refractivity contribution is -0.153. The first-order valence-electron chi connectivity index (χ1n) is 13.4. The van der Waals surface area contributed by atoms with E-state index in [9.17, 15) is 9.59 Å². The Morgan fingerprint density at radius 2 is 1.85 bits per heavy atom. The maximum Gasteiger partial charge on any atom is 0.230 e. The van der Waals surface area contributed by atoms with Crippen molar-refractivity contribution in [2.75, 3.05) is 45.3 Å². The van der Waals surface area contributed by atoms with E-state index in [0.717, 1.165) is 39.1 Å². The lowest BCUT2D eigenvalue weighted by Crippen LogP contribution is -2.52. The van der Waals surface area contributed by atoms with Crippen molar-refractivity contribution in [1.29, 1.82) is 0 Å². The number of aromatic nitrogens is 2. The van der Waals surface area contributed by atoms with Gasteiger partial charge in [0.2, 0.25) is 17.7 Å². The predicted molar refractivity (Wildman–Crippen MR) is 152 cm³/mol. The van der Waals surface area contributed by atoms with E-state index in [1.54, 1.807) is 30.3 Å². The molecule has 1 aromatic heterocycles. The number of methoxy groups -OCH3 is 1. The highest BCUT2D eigenvalue weighted by Gasteiger charge is 2.41. The smallest absolute Gasteiger partial charge is 0.230 e. The number of rotatable bonds is 8. The molecular formula is C29H35ClN4O6. The highest BCUT2D eigenvalue weighted by Crippen LogP contribution is 2.39. The summed E-state index contributed by atoms with van der Waals surface area (Å²) in [6, 6.07) is 8.40. The molecule has 10 nitrogen and oxygen atoms in total. The number of amides is 2. The van der Waals surface area contributed by atoms with E-state index in [0.29, 0.717) is 50.2 Å². The van der Waals surface area contributed by atoms with Crippen molar-refractivity contribution in [2.24, 2.45) is 5.41 Å². The number of hydrogen-bond donors (Lipinski definition) is 1. The van der Waals surface area contributed by atoms with Gasteiger partial charge in [0.1, 0.15) is 12.1 Å². The van der Waals surface area contributed by atoms with E-state index in [4.69, 9.17) is 30.5 Å². The molecule has 11 heteroatoms. The first-order chi connectivity index (χ1) is 19.4. The largest absolute Gasteiger partial charge is 0.493 e. The van der Waals surface area contributed by atoms with Crippen molar-refractivity contribution in [3.05, 3.63) is 41.7 Å². The summed E-state index contributed by atoms with van der Waals surface area (Å²) in [6.45, 7) is 8.79. The topological polar surface area (TPSA) is 112 Å². The summed E-state index contributed by atoms with van der Waals surface area (Å²) in [5.74, 6) is 1.55. The second-order valence-electron chi connectivity index (χ2n) is 9.60. The minimum Gasteiger partial charge on any atom is -0.493 e. The molecule has 2 aromatic carbocycles. The summed E-state index contributed by atoms with van der Waals surface area (Å²) in [7, 11) is 1.54. The van der Waals surface area contributed by atoms with Gasteiger partial charge in [0.15, 0.2) is 11.5 Å². The van der Waals surface area contributed by atoms with E-state index in [-0.39, 0.29) is 24.8 Å². The molecule has 0 saturated carbocycles. The quantitative estimate of drug-likeness (QED) is 0.379. The van der Waals surface area contributed by atoms with Crippen molar-refractivity contribution in [2.45, 2.75) is 40.0 Å². The molecule has 3 heterocycles. The molecule has 40 heavy (non-hydrogen) atoms. The minimum atomic E-state index is -0.222. The van der Waals surface area contributed by atoms with E-state index < -0.39 is 0 Å². The van der Waals surface area contributed by atoms with Gasteiger partial charge in [0.25, 0.3) is 0 Å². The summed E-state index contributed by atoms with van der Waals surface area (Å²) < 4.78 is 22.8. The van der Waals surface area contributed by atoms with Crippen LogP contribution in [0.5, 0.6) is 23.1 Å². The van der Waals surface area contributed by atoms with Crippen molar-refractivity contribution in [1.82, 2.24) is 14.9 Å². The molecular weight excluding hydrogens is 536 g/mol. The summed E-state index contributed by atoms with van der Waals surface area (Å²) in [5.41, 5.74) is 1.36. The van der Waals surface area contributed by atoms with E-state index >= 15 is 0 Å². The normalized spacial score (nSPS) is 15.5. The lowest BCUT2D eigenvalue weighted by Gasteiger charge is -2.47. The van der Waals surface area contributed by atoms with E-state index in [1.165, 1.54) is 20.4 Å². The van der Waals surface area contributed by atoms with Crippen LogP contribution < -0.4 is 19.5 Å². The molecule has 5 rings (SSSR count). The average molecular weight is 571 g/mol. The highest BCUT2D eigenvalue weighted by atomic mass is 35.5. The number of likely N-dealkylation sites (tertiary alicyclic amines) is 1. The number of piperidine rings is 1. The molecule has 0 unspecified atom stereocenters. The Labute approximate surface area is 238 Å². The molecule has 0 radical (unpaired) electrons. The highest BCUT2D eigenvalue weighted by molar-refractivity contribution is 6.33. The Morgan fingerprint density at radius 3 is 2.48 bits per heavy atom. The maximum absolute atomic E-state index is 12.7. The van der Waals surface area contributed by atoms with Crippen LogP contribution in [0, 0.1) is 5.41 Å². The van der Waals surface area contributed by atoms with Crippen LogP contribution in [0.1, 0.15) is 40.0 Å². The summed E-state index contributed by atoms with van der Waals surface area (Å²) in [4.78, 5) is 34.5. The standard InChI is InChI=1S/C27H29ClN4O6.C2H6/c1-17(33)31-21-4-3-18(11-20(21)28)38-26-19-12-23(35-2)24(13-22(19)29-16-30-26)37-10-5-25(34)32-8-6-27(7-9-32)14-36-15-27;1-2/h3-4,11-13,16H,5-10,14-15H2,1-2H3,(H,31,33);1-2H3. The Bertz CT molecular complexity index is 1350. The van der Waals surface area contributed by atoms with E-state index in [1.807, 2.05) is 18.7 Å². The number of carbonyl (C=O) groups excluding carboxylic acids is 2. The molecule has 3 aromatic rings. The minimum absolute atomic E-state index is 0.0843. The number of anilines is 1. The molecule has 2 aliphatic heterocycles. The number of ether oxygens (including phenoxy) is 4. The molecule has 0 aliphatic carbocycles. The number of halogens is 1. The molecule has 0 atom stereocenters. The van der Waals surface area contributed by atoms with Crippen LogP contribution in [0.25, 0.3) is 10.9 Å². The molecule has 2 saturated heterocycles. The molecule has 2 amide bonds. The fourth-order valence-corrected chi connectivity index (χ4v) is 4.89. The Hall–Kier alpha value is -3.63. The van der Waals surface area contributed by atoms with Crippen molar-refractivity contribution < 1.29 is 28.5 Å². The SMILES string of the molecule is CC.COc1cc2c(Oc3ccc(NC(C)=O)c(Cl)c3)ncnc2cc1OCCC(=O)N1CCC2(CC1)COC2. The number of benzene rings is 2. The third-order valence-corrected chi connectivity index (χ3v) is 7.23. The van der Waals surface area contributed by atoms with Gasteiger partial charge in [0.05, 0.1) is 55.0 Å². The van der Waals surface area contributed by atoms with Crippen LogP contribution in [0.15, 0.2) is 36.7 Å². The summed E-state index contributed by atoms with van der Waals surface area (Å²) in [6.07, 6.45) is 3.65. The zero-order valence-corrected chi connectivity index (χ0v) is 24.0. The van der Waals surface area contributed by atoms with Crippen molar-refractivity contribution >= 4 is 40.0 Å². The number of hydrogen-bond acceptors (Lipinski definition) is 8. The summed E-state index contributed by atoms with van der Waals surface area (Å²) in [5, 5.41) is 3.60. The average Bonchev–Trinajstić information content (AvgIpc) is 2.94. The zero-order chi connectivity index (χ0) is 28.7. The van der Waals surface area contributed by atoms with Gasteiger partial charge < -0.3 is 29.2 Å². The van der Waals surface area contributed by atoms with Crippen LogP contribution >= 0.6 is 11.6 Å².